The second-order valence-electron chi connectivity index (χ2n) is 2.41. The molecule has 0 radical (unpaired) electrons. The van der Waals surface area contributed by atoms with Gasteiger partial charge in [-0.1, -0.05) is 0 Å². The van der Waals surface area contributed by atoms with Crippen LogP contribution in [0.2, 0.25) is 0 Å². The highest BCUT2D eigenvalue weighted by Crippen LogP contribution is 2.04. The molecule has 0 fully saturated rings. The molecule has 7 heteroatoms. The summed E-state index contributed by atoms with van der Waals surface area (Å²) in [6.07, 6.45) is 2.42. The highest BCUT2D eigenvalue weighted by Gasteiger charge is 2.17. The highest BCUT2D eigenvalue weighted by molar-refractivity contribution is 7.89. The van der Waals surface area contributed by atoms with E-state index in [1.807, 2.05) is 0 Å². The number of nitriles is 1. The van der Waals surface area contributed by atoms with Gasteiger partial charge < -0.3 is 0 Å². The van der Waals surface area contributed by atoms with Crippen molar-refractivity contribution in [1.82, 2.24) is 14.9 Å². The summed E-state index contributed by atoms with van der Waals surface area (Å²) in [5.74, 6) is 0. The Morgan fingerprint density at radius 1 is 1.77 bits per heavy atom. The van der Waals surface area contributed by atoms with Gasteiger partial charge >= 0.3 is 0 Å². The van der Waals surface area contributed by atoms with E-state index in [1.54, 1.807) is 6.07 Å². The molecular weight excluding hydrogens is 192 g/mol. The fraction of sp³-hybridized carbons (Fsp3) is 0.333. The Hall–Kier alpha value is -1.39. The van der Waals surface area contributed by atoms with Gasteiger partial charge in [0.1, 0.15) is 10.9 Å². The quantitative estimate of drug-likeness (QED) is 0.693. The number of rotatable bonds is 3. The van der Waals surface area contributed by atoms with Crippen molar-refractivity contribution in [3.8, 4) is 6.07 Å². The predicted octanol–water partition coefficient (Wildman–Crippen LogP) is -0.400. The first kappa shape index (κ1) is 9.70. The van der Waals surface area contributed by atoms with Gasteiger partial charge in [-0.25, -0.2) is 8.42 Å². The zero-order valence-electron chi connectivity index (χ0n) is 6.85. The Labute approximate surface area is 75.6 Å². The number of sulfonamides is 1. The lowest BCUT2D eigenvalue weighted by molar-refractivity contribution is 0.577. The maximum Gasteiger partial charge on any atom is 0.244 e. The van der Waals surface area contributed by atoms with E-state index in [0.29, 0.717) is 0 Å². The first-order valence-corrected chi connectivity index (χ1v) is 4.95. The summed E-state index contributed by atoms with van der Waals surface area (Å²) < 4.78 is 24.8. The summed E-state index contributed by atoms with van der Waals surface area (Å²) in [6.45, 7) is 1.46. The molecule has 2 N–H and O–H groups in total. The summed E-state index contributed by atoms with van der Waals surface area (Å²) >= 11 is 0. The van der Waals surface area contributed by atoms with Crippen molar-refractivity contribution in [3.05, 3.63) is 12.4 Å². The van der Waals surface area contributed by atoms with Crippen LogP contribution in [0.25, 0.3) is 0 Å². The van der Waals surface area contributed by atoms with E-state index in [0.717, 1.165) is 0 Å². The summed E-state index contributed by atoms with van der Waals surface area (Å²) in [5, 5.41) is 14.3. The first-order valence-electron chi connectivity index (χ1n) is 3.47. The van der Waals surface area contributed by atoms with Crippen molar-refractivity contribution < 1.29 is 8.42 Å². The molecule has 6 nitrogen and oxygen atoms in total. The van der Waals surface area contributed by atoms with Crippen molar-refractivity contribution in [2.75, 3.05) is 0 Å². The lowest BCUT2D eigenvalue weighted by Gasteiger charge is -2.04. The monoisotopic (exact) mass is 200 g/mol. The molecule has 0 aromatic carbocycles. The number of hydrogen-bond donors (Lipinski definition) is 2. The molecule has 13 heavy (non-hydrogen) atoms. The zero-order valence-corrected chi connectivity index (χ0v) is 7.67. The van der Waals surface area contributed by atoms with Gasteiger partial charge in [-0.15, -0.1) is 0 Å². The van der Waals surface area contributed by atoms with Crippen molar-refractivity contribution >= 4 is 10.0 Å². The van der Waals surface area contributed by atoms with Gasteiger partial charge in [-0.05, 0) is 6.92 Å². The van der Waals surface area contributed by atoms with Crippen LogP contribution in [0.5, 0.6) is 0 Å². The molecular formula is C6H8N4O2S. The number of nitrogens with zero attached hydrogens (tertiary/aromatic N) is 2. The number of aromatic nitrogens is 2. The fourth-order valence-corrected chi connectivity index (χ4v) is 1.77. The van der Waals surface area contributed by atoms with Crippen LogP contribution in [0.3, 0.4) is 0 Å². The lowest BCUT2D eigenvalue weighted by Crippen LogP contribution is -2.31. The predicted molar refractivity (Wildman–Crippen MR) is 44.0 cm³/mol. The molecule has 0 aliphatic rings. The van der Waals surface area contributed by atoms with Crippen LogP contribution in [0.1, 0.15) is 6.92 Å². The normalized spacial score (nSPS) is 13.5. The molecule has 1 aromatic rings. The van der Waals surface area contributed by atoms with Crippen molar-refractivity contribution in [3.63, 3.8) is 0 Å². The fourth-order valence-electron chi connectivity index (χ4n) is 0.713. The number of H-pyrrole nitrogens is 1. The van der Waals surface area contributed by atoms with E-state index in [-0.39, 0.29) is 4.90 Å². The Morgan fingerprint density at radius 2 is 2.46 bits per heavy atom. The standard InChI is InChI=1S/C6H8N4O2S/c1-5(2-7)10-13(11,12)6-3-8-9-4-6/h3-5,10H,1H3,(H,8,9). The van der Waals surface area contributed by atoms with Crippen LogP contribution in [0.4, 0.5) is 0 Å². The van der Waals surface area contributed by atoms with Crippen molar-refractivity contribution in [2.45, 2.75) is 17.9 Å². The van der Waals surface area contributed by atoms with Crippen LogP contribution in [0.15, 0.2) is 17.3 Å². The Balaban J connectivity index is 2.87. The maximum atomic E-state index is 11.3. The third kappa shape index (κ3) is 2.27. The molecule has 1 rings (SSSR count). The van der Waals surface area contributed by atoms with E-state index in [2.05, 4.69) is 14.9 Å². The van der Waals surface area contributed by atoms with Crippen molar-refractivity contribution in [2.24, 2.45) is 0 Å². The van der Waals surface area contributed by atoms with Crippen LogP contribution in [0, 0.1) is 11.3 Å². The van der Waals surface area contributed by atoms with Gasteiger partial charge in [-0.2, -0.15) is 15.1 Å². The van der Waals surface area contributed by atoms with E-state index in [1.165, 1.54) is 19.3 Å². The summed E-state index contributed by atoms with van der Waals surface area (Å²) in [7, 11) is -3.59. The summed E-state index contributed by atoms with van der Waals surface area (Å²) in [6, 6.07) is 1.01. The van der Waals surface area contributed by atoms with Gasteiger partial charge in [0.25, 0.3) is 0 Å². The molecule has 1 aromatic heterocycles. The minimum absolute atomic E-state index is 0.0228. The average Bonchev–Trinajstić information content (AvgIpc) is 2.55. The molecule has 0 amide bonds. The number of aromatic amines is 1. The lowest BCUT2D eigenvalue weighted by atomic mass is 10.4. The summed E-state index contributed by atoms with van der Waals surface area (Å²) in [5.41, 5.74) is 0. The third-order valence-corrected chi connectivity index (χ3v) is 2.82. The molecule has 0 saturated heterocycles. The molecule has 0 aliphatic carbocycles. The molecule has 1 atom stereocenters. The Bertz CT molecular complexity index is 402. The third-order valence-electron chi connectivity index (χ3n) is 1.31. The second kappa shape index (κ2) is 3.55. The maximum absolute atomic E-state index is 11.3. The van der Waals surface area contributed by atoms with Crippen molar-refractivity contribution in [1.29, 1.82) is 5.26 Å². The molecule has 0 bridgehead atoms. The van der Waals surface area contributed by atoms with E-state index >= 15 is 0 Å². The molecule has 0 saturated carbocycles. The summed E-state index contributed by atoms with van der Waals surface area (Å²) in [4.78, 5) is 0.0228. The van der Waals surface area contributed by atoms with E-state index in [4.69, 9.17) is 5.26 Å². The Kier molecular flexibility index (Phi) is 2.65. The minimum Gasteiger partial charge on any atom is -0.284 e. The Morgan fingerprint density at radius 3 is 2.92 bits per heavy atom. The van der Waals surface area contributed by atoms with Crippen LogP contribution in [-0.4, -0.2) is 24.7 Å². The smallest absolute Gasteiger partial charge is 0.244 e. The van der Waals surface area contributed by atoms with Gasteiger partial charge in [0.2, 0.25) is 10.0 Å². The topological polar surface area (TPSA) is 98.6 Å². The largest absolute Gasteiger partial charge is 0.284 e. The van der Waals surface area contributed by atoms with Crippen LogP contribution in [-0.2, 0) is 10.0 Å². The molecule has 0 aliphatic heterocycles. The SMILES string of the molecule is CC(C#N)NS(=O)(=O)c1cn[nH]c1. The van der Waals surface area contributed by atoms with Crippen LogP contribution >= 0.6 is 0 Å². The second-order valence-corrected chi connectivity index (χ2v) is 4.12. The minimum atomic E-state index is -3.59. The molecule has 1 unspecified atom stereocenters. The van der Waals surface area contributed by atoms with E-state index in [9.17, 15) is 8.42 Å². The number of hydrogen-bond acceptors (Lipinski definition) is 4. The van der Waals surface area contributed by atoms with Gasteiger partial charge in [0.15, 0.2) is 0 Å². The first-order chi connectivity index (χ1) is 6.06. The number of nitrogens with one attached hydrogen (secondary N) is 2. The van der Waals surface area contributed by atoms with Gasteiger partial charge in [0, 0.05) is 6.20 Å². The highest BCUT2D eigenvalue weighted by atomic mass is 32.2. The van der Waals surface area contributed by atoms with Crippen LogP contribution < -0.4 is 4.72 Å². The zero-order chi connectivity index (χ0) is 9.90. The molecule has 70 valence electrons. The van der Waals surface area contributed by atoms with Gasteiger partial charge in [0.05, 0.1) is 12.3 Å². The van der Waals surface area contributed by atoms with E-state index < -0.39 is 16.1 Å². The van der Waals surface area contributed by atoms with Gasteiger partial charge in [-0.3, -0.25) is 5.10 Å². The average molecular weight is 200 g/mol. The molecule has 1 heterocycles. The molecule has 0 spiro atoms.